The summed E-state index contributed by atoms with van der Waals surface area (Å²) in [6.07, 6.45) is 0. The molecule has 0 aliphatic heterocycles. The van der Waals surface area contributed by atoms with Gasteiger partial charge in [0.15, 0.2) is 0 Å². The Morgan fingerprint density at radius 1 is 0.967 bits per heavy atom. The molecule has 0 aliphatic rings. The average molecular weight is 447 g/mol. The third kappa shape index (κ3) is 4.63. The second-order valence-corrected chi connectivity index (χ2v) is 9.12. The molecule has 0 aliphatic carbocycles. The summed E-state index contributed by atoms with van der Waals surface area (Å²) in [5.74, 6) is -0.794. The molecule has 156 valence electrons. The van der Waals surface area contributed by atoms with Crippen molar-refractivity contribution in [1.29, 1.82) is 0 Å². The average Bonchev–Trinajstić information content (AvgIpc) is 2.73. The lowest BCUT2D eigenvalue weighted by atomic mass is 10.1. The molecule has 1 amide bonds. The Morgan fingerprint density at radius 2 is 1.67 bits per heavy atom. The maximum atomic E-state index is 13.4. The van der Waals surface area contributed by atoms with Crippen LogP contribution in [0.1, 0.15) is 15.9 Å². The summed E-state index contributed by atoms with van der Waals surface area (Å²) >= 11 is 6.22. The van der Waals surface area contributed by atoms with Crippen LogP contribution in [-0.4, -0.2) is 33.3 Å². The molecule has 3 rings (SSSR count). The topological polar surface area (TPSA) is 57.7 Å². The van der Waals surface area contributed by atoms with Crippen molar-refractivity contribution in [3.05, 3.63) is 94.8 Å². The van der Waals surface area contributed by atoms with E-state index in [2.05, 4.69) is 0 Å². The van der Waals surface area contributed by atoms with Gasteiger partial charge >= 0.3 is 0 Å². The smallest absolute Gasteiger partial charge is 0.264 e. The number of rotatable bonds is 6. The third-order valence-corrected chi connectivity index (χ3v) is 6.73. The Hall–Kier alpha value is -2.90. The molecule has 30 heavy (non-hydrogen) atoms. The minimum absolute atomic E-state index is 0.138. The summed E-state index contributed by atoms with van der Waals surface area (Å²) in [5.41, 5.74) is 1.08. The first-order valence-corrected chi connectivity index (χ1v) is 10.9. The molecule has 0 bridgehead atoms. The van der Waals surface area contributed by atoms with E-state index < -0.39 is 15.9 Å². The fourth-order valence-electron chi connectivity index (χ4n) is 2.95. The van der Waals surface area contributed by atoms with E-state index in [-0.39, 0.29) is 27.8 Å². The van der Waals surface area contributed by atoms with Gasteiger partial charge in [0.25, 0.3) is 15.9 Å². The maximum absolute atomic E-state index is 13.4. The van der Waals surface area contributed by atoms with Crippen LogP contribution in [0.2, 0.25) is 5.02 Å². The van der Waals surface area contributed by atoms with Crippen LogP contribution < -0.4 is 4.31 Å². The lowest BCUT2D eigenvalue weighted by Gasteiger charge is -2.22. The lowest BCUT2D eigenvalue weighted by Crippen LogP contribution is -2.28. The normalized spacial score (nSPS) is 11.2. The van der Waals surface area contributed by atoms with Crippen molar-refractivity contribution < 1.29 is 17.6 Å². The number of carbonyl (C=O) groups is 1. The molecule has 3 aromatic rings. The van der Waals surface area contributed by atoms with E-state index in [0.29, 0.717) is 11.3 Å². The van der Waals surface area contributed by atoms with E-state index in [1.54, 1.807) is 37.4 Å². The molecule has 0 radical (unpaired) electrons. The Kier molecular flexibility index (Phi) is 6.43. The number of anilines is 1. The first-order chi connectivity index (χ1) is 14.2. The van der Waals surface area contributed by atoms with E-state index in [4.69, 9.17) is 11.6 Å². The molecule has 5 nitrogen and oxygen atoms in total. The molecule has 0 saturated carbocycles. The molecular formula is C22H20ClFN2O3S. The van der Waals surface area contributed by atoms with Crippen molar-refractivity contribution >= 4 is 33.2 Å². The summed E-state index contributed by atoms with van der Waals surface area (Å²) < 4.78 is 40.2. The highest BCUT2D eigenvalue weighted by Crippen LogP contribution is 2.27. The Labute approximate surface area is 180 Å². The molecule has 3 aromatic carbocycles. The van der Waals surface area contributed by atoms with Crippen LogP contribution >= 0.6 is 11.6 Å². The van der Waals surface area contributed by atoms with Crippen LogP contribution in [0.3, 0.4) is 0 Å². The number of hydrogen-bond acceptors (Lipinski definition) is 3. The predicted octanol–water partition coefficient (Wildman–Crippen LogP) is 4.58. The van der Waals surface area contributed by atoms with Gasteiger partial charge in [-0.3, -0.25) is 9.10 Å². The highest BCUT2D eigenvalue weighted by atomic mass is 35.5. The standard InChI is InChI=1S/C22H20ClFN2O3S/c1-25(15-16-7-6-8-17(24)13-16)22(27)20-14-18(11-12-21(20)23)26(2)30(28,29)19-9-4-3-5-10-19/h3-14H,15H2,1-2H3. The van der Waals surface area contributed by atoms with Gasteiger partial charge in [-0.25, -0.2) is 12.8 Å². The number of halogens is 2. The van der Waals surface area contributed by atoms with Crippen molar-refractivity contribution in [1.82, 2.24) is 4.90 Å². The molecule has 0 spiro atoms. The summed E-state index contributed by atoms with van der Waals surface area (Å²) in [7, 11) is -0.814. The van der Waals surface area contributed by atoms with Crippen molar-refractivity contribution in [2.75, 3.05) is 18.4 Å². The highest BCUT2D eigenvalue weighted by Gasteiger charge is 2.23. The molecule has 0 atom stereocenters. The zero-order valence-electron chi connectivity index (χ0n) is 16.4. The first-order valence-electron chi connectivity index (χ1n) is 9.03. The van der Waals surface area contributed by atoms with Crippen LogP contribution in [0.25, 0.3) is 0 Å². The van der Waals surface area contributed by atoms with Gasteiger partial charge in [0, 0.05) is 20.6 Å². The summed E-state index contributed by atoms with van der Waals surface area (Å²) in [4.78, 5) is 14.5. The molecule has 8 heteroatoms. The predicted molar refractivity (Wildman–Crippen MR) is 116 cm³/mol. The van der Waals surface area contributed by atoms with Crippen LogP contribution in [0.4, 0.5) is 10.1 Å². The fourth-order valence-corrected chi connectivity index (χ4v) is 4.36. The van der Waals surface area contributed by atoms with Crippen LogP contribution in [0.5, 0.6) is 0 Å². The minimum Gasteiger partial charge on any atom is -0.337 e. The van der Waals surface area contributed by atoms with E-state index >= 15 is 0 Å². The summed E-state index contributed by atoms with van der Waals surface area (Å²) in [5, 5.41) is 0.195. The van der Waals surface area contributed by atoms with Crippen LogP contribution in [-0.2, 0) is 16.6 Å². The molecular weight excluding hydrogens is 427 g/mol. The second-order valence-electron chi connectivity index (χ2n) is 6.74. The largest absolute Gasteiger partial charge is 0.337 e. The number of nitrogens with zero attached hydrogens (tertiary/aromatic N) is 2. The second kappa shape index (κ2) is 8.85. The van der Waals surface area contributed by atoms with Gasteiger partial charge in [0.05, 0.1) is 21.2 Å². The van der Waals surface area contributed by atoms with Gasteiger partial charge in [-0.1, -0.05) is 41.9 Å². The summed E-state index contributed by atoms with van der Waals surface area (Å²) in [6.45, 7) is 0.176. The lowest BCUT2D eigenvalue weighted by molar-refractivity contribution is 0.0785. The van der Waals surface area contributed by atoms with Crippen molar-refractivity contribution in [3.8, 4) is 0 Å². The Bertz CT molecular complexity index is 1170. The van der Waals surface area contributed by atoms with Gasteiger partial charge in [0.2, 0.25) is 0 Å². The molecule has 0 N–H and O–H groups in total. The fraction of sp³-hybridized carbons (Fsp3) is 0.136. The van der Waals surface area contributed by atoms with Gasteiger partial charge in [-0.15, -0.1) is 0 Å². The zero-order valence-corrected chi connectivity index (χ0v) is 18.0. The zero-order chi connectivity index (χ0) is 21.9. The molecule has 0 aromatic heterocycles. The first kappa shape index (κ1) is 21.8. The monoisotopic (exact) mass is 446 g/mol. The van der Waals surface area contributed by atoms with E-state index in [0.717, 1.165) is 4.31 Å². The number of hydrogen-bond donors (Lipinski definition) is 0. The highest BCUT2D eigenvalue weighted by molar-refractivity contribution is 7.92. The van der Waals surface area contributed by atoms with Crippen LogP contribution in [0, 0.1) is 5.82 Å². The third-order valence-electron chi connectivity index (χ3n) is 4.60. The Balaban J connectivity index is 1.88. The molecule has 0 heterocycles. The van der Waals surface area contributed by atoms with Gasteiger partial charge < -0.3 is 4.90 Å². The van der Waals surface area contributed by atoms with Gasteiger partial charge in [-0.2, -0.15) is 0 Å². The maximum Gasteiger partial charge on any atom is 0.264 e. The van der Waals surface area contributed by atoms with E-state index in [9.17, 15) is 17.6 Å². The number of amides is 1. The summed E-state index contributed by atoms with van der Waals surface area (Å²) in [6, 6.07) is 18.4. The quantitative estimate of drug-likeness (QED) is 0.557. The molecule has 0 unspecified atom stereocenters. The van der Waals surface area contributed by atoms with Crippen molar-refractivity contribution in [3.63, 3.8) is 0 Å². The number of sulfonamides is 1. The van der Waals surface area contributed by atoms with Crippen LogP contribution in [0.15, 0.2) is 77.7 Å². The minimum atomic E-state index is -3.80. The Morgan fingerprint density at radius 3 is 2.33 bits per heavy atom. The van der Waals surface area contributed by atoms with Crippen molar-refractivity contribution in [2.24, 2.45) is 0 Å². The molecule has 0 saturated heterocycles. The van der Waals surface area contributed by atoms with Gasteiger partial charge in [0.1, 0.15) is 5.82 Å². The molecule has 0 fully saturated rings. The number of carbonyl (C=O) groups excluding carboxylic acids is 1. The SMILES string of the molecule is CN(Cc1cccc(F)c1)C(=O)c1cc(N(C)S(=O)(=O)c2ccccc2)ccc1Cl. The number of benzene rings is 3. The van der Waals surface area contributed by atoms with Crippen molar-refractivity contribution in [2.45, 2.75) is 11.4 Å². The van der Waals surface area contributed by atoms with E-state index in [1.807, 2.05) is 0 Å². The van der Waals surface area contributed by atoms with Gasteiger partial charge in [-0.05, 0) is 48.0 Å². The van der Waals surface area contributed by atoms with E-state index in [1.165, 1.54) is 54.4 Å².